The molecule has 160 valence electrons. The molecule has 1 unspecified atom stereocenters. The first-order valence-electron chi connectivity index (χ1n) is 10.4. The third-order valence-corrected chi connectivity index (χ3v) is 5.84. The van der Waals surface area contributed by atoms with Crippen molar-refractivity contribution in [2.75, 3.05) is 25.1 Å². The van der Waals surface area contributed by atoms with Gasteiger partial charge in [-0.05, 0) is 55.7 Å². The first-order chi connectivity index (χ1) is 15.0. The number of hydrogen-bond donors (Lipinski definition) is 0. The number of hydrogen-bond acceptors (Lipinski definition) is 6. The Kier molecular flexibility index (Phi) is 5.84. The van der Waals surface area contributed by atoms with Crippen LogP contribution in [-0.4, -0.2) is 40.5 Å². The van der Waals surface area contributed by atoms with Crippen molar-refractivity contribution in [3.05, 3.63) is 70.3 Å². The monoisotopic (exact) mass is 418 g/mol. The summed E-state index contributed by atoms with van der Waals surface area (Å²) >= 11 is 0. The van der Waals surface area contributed by atoms with Crippen LogP contribution in [0, 0.1) is 12.8 Å². The summed E-state index contributed by atoms with van der Waals surface area (Å²) in [5.41, 5.74) is 2.95. The van der Waals surface area contributed by atoms with E-state index in [0.717, 1.165) is 36.3 Å². The van der Waals surface area contributed by atoms with Gasteiger partial charge in [-0.25, -0.2) is 4.98 Å². The van der Waals surface area contributed by atoms with Crippen LogP contribution in [0.3, 0.4) is 0 Å². The van der Waals surface area contributed by atoms with E-state index in [1.165, 1.54) is 6.07 Å². The van der Waals surface area contributed by atoms with E-state index in [1.807, 2.05) is 37.3 Å². The maximum atomic E-state index is 13.2. The average molecular weight is 418 g/mol. The Morgan fingerprint density at radius 1 is 1.16 bits per heavy atom. The predicted octanol–water partition coefficient (Wildman–Crippen LogP) is 3.26. The molecule has 1 saturated heterocycles. The molecule has 1 atom stereocenters. The highest BCUT2D eigenvalue weighted by atomic mass is 16.5. The van der Waals surface area contributed by atoms with Gasteiger partial charge in [0.15, 0.2) is 5.78 Å². The van der Waals surface area contributed by atoms with E-state index in [9.17, 15) is 9.59 Å². The molecular formula is C24H26N4O3. The lowest BCUT2D eigenvalue weighted by molar-refractivity contribution is 0.0906. The van der Waals surface area contributed by atoms with Gasteiger partial charge in [0.25, 0.3) is 5.56 Å². The van der Waals surface area contributed by atoms with Crippen molar-refractivity contribution in [3.63, 3.8) is 0 Å². The second kappa shape index (κ2) is 8.71. The van der Waals surface area contributed by atoms with Gasteiger partial charge in [0.1, 0.15) is 5.75 Å². The molecule has 31 heavy (non-hydrogen) atoms. The van der Waals surface area contributed by atoms with Crippen LogP contribution in [0.2, 0.25) is 0 Å². The zero-order chi connectivity index (χ0) is 22.0. The normalized spacial score (nSPS) is 16.2. The number of carbonyl (C=O) groups excluding carboxylic acids is 1. The number of ether oxygens (including phenoxy) is 1. The van der Waals surface area contributed by atoms with Gasteiger partial charge in [0.05, 0.1) is 12.8 Å². The fourth-order valence-corrected chi connectivity index (χ4v) is 4.12. The summed E-state index contributed by atoms with van der Waals surface area (Å²) in [5, 5.41) is 0. The van der Waals surface area contributed by atoms with Gasteiger partial charge >= 0.3 is 0 Å². The van der Waals surface area contributed by atoms with Crippen molar-refractivity contribution in [2.45, 2.75) is 19.8 Å². The van der Waals surface area contributed by atoms with Crippen LogP contribution in [0.1, 0.15) is 28.8 Å². The average Bonchev–Trinajstić information content (AvgIpc) is 2.81. The summed E-state index contributed by atoms with van der Waals surface area (Å²) < 4.78 is 6.86. The van der Waals surface area contributed by atoms with Crippen LogP contribution in [-0.2, 0) is 7.05 Å². The minimum Gasteiger partial charge on any atom is -0.496 e. The lowest BCUT2D eigenvalue weighted by atomic mass is 9.89. The van der Waals surface area contributed by atoms with E-state index in [2.05, 4.69) is 9.88 Å². The number of aromatic nitrogens is 3. The lowest BCUT2D eigenvalue weighted by Gasteiger charge is -2.33. The SMILES string of the molecule is COc1ccc(C(=O)C2CCCN(c3nc(-c4ccncc4)cc(=O)n3C)C2)cc1C. The topological polar surface area (TPSA) is 77.3 Å². The number of anilines is 1. The molecule has 0 spiro atoms. The fraction of sp³-hybridized carbons (Fsp3) is 0.333. The lowest BCUT2D eigenvalue weighted by Crippen LogP contribution is -2.42. The Hall–Kier alpha value is -3.48. The fourth-order valence-electron chi connectivity index (χ4n) is 4.12. The van der Waals surface area contributed by atoms with Crippen LogP contribution in [0.15, 0.2) is 53.6 Å². The third kappa shape index (κ3) is 4.21. The standard InChI is InChI=1S/C24H26N4O3/c1-16-13-18(6-7-21(16)31-3)23(30)19-5-4-12-28(15-19)24-26-20(14-22(29)27(24)2)17-8-10-25-11-9-17/h6-11,13-14,19H,4-5,12,15H2,1-3H3. The van der Waals surface area contributed by atoms with Crippen LogP contribution < -0.4 is 15.2 Å². The van der Waals surface area contributed by atoms with Crippen molar-refractivity contribution in [1.29, 1.82) is 0 Å². The van der Waals surface area contributed by atoms with E-state index < -0.39 is 0 Å². The summed E-state index contributed by atoms with van der Waals surface area (Å²) in [4.78, 5) is 36.7. The predicted molar refractivity (Wildman–Crippen MR) is 120 cm³/mol. The third-order valence-electron chi connectivity index (χ3n) is 5.84. The molecule has 0 N–H and O–H groups in total. The van der Waals surface area contributed by atoms with Crippen molar-refractivity contribution in [3.8, 4) is 17.0 Å². The van der Waals surface area contributed by atoms with Gasteiger partial charge in [0.2, 0.25) is 5.95 Å². The van der Waals surface area contributed by atoms with Crippen LogP contribution in [0.5, 0.6) is 5.75 Å². The van der Waals surface area contributed by atoms with E-state index >= 15 is 0 Å². The Balaban J connectivity index is 1.61. The summed E-state index contributed by atoms with van der Waals surface area (Å²) in [6, 6.07) is 10.8. The maximum absolute atomic E-state index is 13.2. The molecule has 3 aromatic rings. The molecule has 2 aromatic heterocycles. The van der Waals surface area contributed by atoms with Crippen LogP contribution in [0.4, 0.5) is 5.95 Å². The molecule has 0 amide bonds. The number of rotatable bonds is 5. The summed E-state index contributed by atoms with van der Waals surface area (Å²) in [6.07, 6.45) is 5.04. The van der Waals surface area contributed by atoms with Gasteiger partial charge in [-0.3, -0.25) is 19.1 Å². The second-order valence-corrected chi connectivity index (χ2v) is 7.91. The molecular weight excluding hydrogens is 392 g/mol. The number of ketones is 1. The minimum absolute atomic E-state index is 0.116. The number of Topliss-reactive ketones (excluding diaryl/α,β-unsaturated/α-hetero) is 1. The van der Waals surface area contributed by atoms with Crippen LogP contribution >= 0.6 is 0 Å². The van der Waals surface area contributed by atoms with Gasteiger partial charge in [-0.15, -0.1) is 0 Å². The van der Waals surface area contributed by atoms with Crippen molar-refractivity contribution >= 4 is 11.7 Å². The molecule has 1 aromatic carbocycles. The number of pyridine rings is 1. The minimum atomic E-state index is -0.150. The molecule has 1 aliphatic heterocycles. The molecule has 0 saturated carbocycles. The summed E-state index contributed by atoms with van der Waals surface area (Å²) in [7, 11) is 3.35. The van der Waals surface area contributed by atoms with Gasteiger partial charge in [-0.1, -0.05) is 0 Å². The molecule has 1 aliphatic rings. The molecule has 7 nitrogen and oxygen atoms in total. The van der Waals surface area contributed by atoms with Crippen LogP contribution in [0.25, 0.3) is 11.3 Å². The summed E-state index contributed by atoms with van der Waals surface area (Å²) in [5.74, 6) is 1.32. The van der Waals surface area contributed by atoms with Crippen molar-refractivity contribution in [1.82, 2.24) is 14.5 Å². The first kappa shape index (κ1) is 20.8. The second-order valence-electron chi connectivity index (χ2n) is 7.91. The maximum Gasteiger partial charge on any atom is 0.255 e. The summed E-state index contributed by atoms with van der Waals surface area (Å²) in [6.45, 7) is 3.22. The zero-order valence-corrected chi connectivity index (χ0v) is 18.0. The number of nitrogens with zero attached hydrogens (tertiary/aromatic N) is 4. The molecule has 0 radical (unpaired) electrons. The van der Waals surface area contributed by atoms with Gasteiger partial charge < -0.3 is 9.64 Å². The van der Waals surface area contributed by atoms with E-state index in [0.29, 0.717) is 23.8 Å². The Morgan fingerprint density at radius 3 is 2.65 bits per heavy atom. The Bertz CT molecular complexity index is 1160. The molecule has 3 heterocycles. The van der Waals surface area contributed by atoms with Crippen molar-refractivity contribution < 1.29 is 9.53 Å². The largest absolute Gasteiger partial charge is 0.496 e. The number of piperidine rings is 1. The smallest absolute Gasteiger partial charge is 0.255 e. The van der Waals surface area contributed by atoms with Gasteiger partial charge in [-0.2, -0.15) is 0 Å². The van der Waals surface area contributed by atoms with E-state index in [4.69, 9.17) is 9.72 Å². The highest BCUT2D eigenvalue weighted by molar-refractivity contribution is 5.98. The molecule has 7 heteroatoms. The highest BCUT2D eigenvalue weighted by Crippen LogP contribution is 2.27. The number of benzene rings is 1. The number of methoxy groups -OCH3 is 1. The molecule has 0 aliphatic carbocycles. The Labute approximate surface area is 181 Å². The van der Waals surface area contributed by atoms with E-state index in [1.54, 1.807) is 31.1 Å². The first-order valence-corrected chi connectivity index (χ1v) is 10.4. The number of carbonyl (C=O) groups is 1. The Morgan fingerprint density at radius 2 is 1.94 bits per heavy atom. The highest BCUT2D eigenvalue weighted by Gasteiger charge is 2.29. The van der Waals surface area contributed by atoms with Crippen molar-refractivity contribution in [2.24, 2.45) is 13.0 Å². The molecule has 4 rings (SSSR count). The van der Waals surface area contributed by atoms with Gasteiger partial charge in [0, 0.05) is 55.6 Å². The number of aryl methyl sites for hydroxylation is 1. The molecule has 0 bridgehead atoms. The van der Waals surface area contributed by atoms with E-state index in [-0.39, 0.29) is 17.3 Å². The zero-order valence-electron chi connectivity index (χ0n) is 18.0. The quantitative estimate of drug-likeness (QED) is 0.592. The molecule has 1 fully saturated rings.